The van der Waals surface area contributed by atoms with Gasteiger partial charge in [0.15, 0.2) is 0 Å². The summed E-state index contributed by atoms with van der Waals surface area (Å²) < 4.78 is 0. The van der Waals surface area contributed by atoms with Gasteiger partial charge in [0.1, 0.15) is 0 Å². The Bertz CT molecular complexity index is 964. The highest BCUT2D eigenvalue weighted by atomic mass is 16.6. The van der Waals surface area contributed by atoms with E-state index >= 15 is 0 Å². The number of carbonyl (C=O) groups is 1. The lowest BCUT2D eigenvalue weighted by Gasteiger charge is -2.30. The van der Waals surface area contributed by atoms with Crippen molar-refractivity contribution in [2.75, 3.05) is 19.6 Å². The van der Waals surface area contributed by atoms with Gasteiger partial charge in [-0.25, -0.2) is 0 Å². The lowest BCUT2D eigenvalue weighted by Crippen LogP contribution is -2.38. The molecule has 2 N–H and O–H groups in total. The predicted octanol–water partition coefficient (Wildman–Crippen LogP) is 3.89. The number of carbonyl (C=O) groups excluding carboxylic acids is 1. The fraction of sp³-hybridized carbons (Fsp3) is 0.286. The Balaban J connectivity index is 1.82. The Kier molecular flexibility index (Phi) is 6.06. The van der Waals surface area contributed by atoms with Crippen LogP contribution < -0.4 is 5.32 Å². The second-order valence-corrected chi connectivity index (χ2v) is 6.55. The highest BCUT2D eigenvalue weighted by Gasteiger charge is 2.20. The molecule has 146 valence electrons. The van der Waals surface area contributed by atoms with Crippen molar-refractivity contribution in [2.24, 2.45) is 0 Å². The van der Waals surface area contributed by atoms with Crippen molar-refractivity contribution in [1.82, 2.24) is 15.2 Å². The Morgan fingerprint density at radius 3 is 2.54 bits per heavy atom. The molecule has 0 saturated carbocycles. The molecular weight excluding hydrogens is 356 g/mol. The zero-order valence-corrected chi connectivity index (χ0v) is 16.0. The SMILES string of the molecule is CCN(CC)C(CNC(=O)c1c[nH]c2ccc([N+](=O)[O-])cc12)c1ccccc1. The smallest absolute Gasteiger partial charge is 0.270 e. The summed E-state index contributed by atoms with van der Waals surface area (Å²) in [5, 5.41) is 14.6. The molecule has 3 rings (SSSR count). The number of H-pyrrole nitrogens is 1. The minimum Gasteiger partial charge on any atom is -0.360 e. The van der Waals surface area contributed by atoms with Gasteiger partial charge in [0, 0.05) is 35.8 Å². The second kappa shape index (κ2) is 8.67. The Morgan fingerprint density at radius 1 is 1.18 bits per heavy atom. The van der Waals surface area contributed by atoms with Gasteiger partial charge in [-0.2, -0.15) is 0 Å². The molecule has 0 radical (unpaired) electrons. The molecule has 2 aromatic carbocycles. The largest absolute Gasteiger partial charge is 0.360 e. The summed E-state index contributed by atoms with van der Waals surface area (Å²) >= 11 is 0. The van der Waals surface area contributed by atoms with Gasteiger partial charge in [-0.1, -0.05) is 44.2 Å². The molecule has 0 saturated heterocycles. The molecule has 0 aliphatic rings. The third kappa shape index (κ3) is 4.04. The molecule has 0 aliphatic heterocycles. The molecule has 7 nitrogen and oxygen atoms in total. The van der Waals surface area contributed by atoms with E-state index < -0.39 is 4.92 Å². The number of benzene rings is 2. The van der Waals surface area contributed by atoms with Crippen molar-refractivity contribution in [3.63, 3.8) is 0 Å². The lowest BCUT2D eigenvalue weighted by atomic mass is 10.0. The Morgan fingerprint density at radius 2 is 1.89 bits per heavy atom. The zero-order valence-electron chi connectivity index (χ0n) is 16.0. The molecular formula is C21H24N4O3. The summed E-state index contributed by atoms with van der Waals surface area (Å²) in [6.07, 6.45) is 1.60. The average Bonchev–Trinajstić information content (AvgIpc) is 3.14. The first-order chi connectivity index (χ1) is 13.5. The Hall–Kier alpha value is -3.19. The summed E-state index contributed by atoms with van der Waals surface area (Å²) in [5.74, 6) is -0.250. The van der Waals surface area contributed by atoms with Crippen molar-refractivity contribution in [3.8, 4) is 0 Å². The Labute approximate surface area is 163 Å². The number of nitro groups is 1. The maximum atomic E-state index is 12.8. The number of nitrogens with one attached hydrogen (secondary N) is 2. The summed E-state index contributed by atoms with van der Waals surface area (Å²) in [6.45, 7) is 6.38. The topological polar surface area (TPSA) is 91.3 Å². The van der Waals surface area contributed by atoms with E-state index in [9.17, 15) is 14.9 Å². The number of aromatic nitrogens is 1. The van der Waals surface area contributed by atoms with Crippen LogP contribution in [-0.2, 0) is 0 Å². The van der Waals surface area contributed by atoms with Gasteiger partial charge in [0.25, 0.3) is 11.6 Å². The molecule has 0 spiro atoms. The van der Waals surface area contributed by atoms with E-state index in [-0.39, 0.29) is 17.6 Å². The normalized spacial score (nSPS) is 12.2. The van der Waals surface area contributed by atoms with Crippen LogP contribution in [0.25, 0.3) is 10.9 Å². The van der Waals surface area contributed by atoms with Crippen LogP contribution in [0.1, 0.15) is 35.8 Å². The summed E-state index contributed by atoms with van der Waals surface area (Å²) in [5.41, 5.74) is 2.21. The number of hydrogen-bond acceptors (Lipinski definition) is 4. The number of aromatic amines is 1. The highest BCUT2D eigenvalue weighted by molar-refractivity contribution is 6.07. The van der Waals surface area contributed by atoms with E-state index in [1.807, 2.05) is 18.2 Å². The molecule has 0 aliphatic carbocycles. The van der Waals surface area contributed by atoms with Gasteiger partial charge >= 0.3 is 0 Å². The van der Waals surface area contributed by atoms with Crippen LogP contribution in [0.2, 0.25) is 0 Å². The fourth-order valence-electron chi connectivity index (χ4n) is 3.49. The third-order valence-corrected chi connectivity index (χ3v) is 5.01. The molecule has 1 unspecified atom stereocenters. The quantitative estimate of drug-likeness (QED) is 0.458. The van der Waals surface area contributed by atoms with Gasteiger partial charge in [-0.05, 0) is 24.7 Å². The first-order valence-corrected chi connectivity index (χ1v) is 9.37. The second-order valence-electron chi connectivity index (χ2n) is 6.55. The minimum atomic E-state index is -0.458. The van der Waals surface area contributed by atoms with Crippen molar-refractivity contribution < 1.29 is 9.72 Å². The number of likely N-dealkylation sites (N-methyl/N-ethyl adjacent to an activating group) is 1. The molecule has 28 heavy (non-hydrogen) atoms. The van der Waals surface area contributed by atoms with Gasteiger partial charge in [-0.15, -0.1) is 0 Å². The lowest BCUT2D eigenvalue weighted by molar-refractivity contribution is -0.384. The van der Waals surface area contributed by atoms with Gasteiger partial charge < -0.3 is 10.3 Å². The van der Waals surface area contributed by atoms with Crippen LogP contribution in [0, 0.1) is 10.1 Å². The highest BCUT2D eigenvalue weighted by Crippen LogP contribution is 2.24. The first kappa shape index (κ1) is 19.6. The van der Waals surface area contributed by atoms with Crippen LogP contribution >= 0.6 is 0 Å². The predicted molar refractivity (Wildman–Crippen MR) is 109 cm³/mol. The van der Waals surface area contributed by atoms with Crippen LogP contribution in [0.4, 0.5) is 5.69 Å². The summed E-state index contributed by atoms with van der Waals surface area (Å²) in [4.78, 5) is 28.7. The van der Waals surface area contributed by atoms with Crippen LogP contribution in [0.5, 0.6) is 0 Å². The van der Waals surface area contributed by atoms with Crippen LogP contribution in [0.3, 0.4) is 0 Å². The van der Waals surface area contributed by atoms with E-state index in [1.165, 1.54) is 12.1 Å². The van der Waals surface area contributed by atoms with Crippen molar-refractivity contribution in [1.29, 1.82) is 0 Å². The number of fused-ring (bicyclic) bond motifs is 1. The van der Waals surface area contributed by atoms with E-state index in [1.54, 1.807) is 12.3 Å². The van der Waals surface area contributed by atoms with E-state index in [0.717, 1.165) is 18.7 Å². The van der Waals surface area contributed by atoms with Gasteiger partial charge in [-0.3, -0.25) is 19.8 Å². The van der Waals surface area contributed by atoms with Gasteiger partial charge in [0.2, 0.25) is 0 Å². The number of nitro benzene ring substituents is 1. The van der Waals surface area contributed by atoms with Crippen LogP contribution in [-0.4, -0.2) is 40.3 Å². The molecule has 1 amide bonds. The maximum Gasteiger partial charge on any atom is 0.270 e. The first-order valence-electron chi connectivity index (χ1n) is 9.37. The molecule has 0 bridgehead atoms. The fourth-order valence-corrected chi connectivity index (χ4v) is 3.49. The summed E-state index contributed by atoms with van der Waals surface area (Å²) in [7, 11) is 0. The third-order valence-electron chi connectivity index (χ3n) is 5.01. The van der Waals surface area contributed by atoms with E-state index in [4.69, 9.17) is 0 Å². The molecule has 1 heterocycles. The van der Waals surface area contributed by atoms with Crippen molar-refractivity contribution in [2.45, 2.75) is 19.9 Å². The maximum absolute atomic E-state index is 12.8. The number of rotatable bonds is 8. The number of amides is 1. The number of nitrogens with zero attached hydrogens (tertiary/aromatic N) is 2. The minimum absolute atomic E-state index is 0.0357. The van der Waals surface area contributed by atoms with Gasteiger partial charge in [0.05, 0.1) is 16.5 Å². The zero-order chi connectivity index (χ0) is 20.1. The van der Waals surface area contributed by atoms with Crippen molar-refractivity contribution in [3.05, 3.63) is 76.0 Å². The number of hydrogen-bond donors (Lipinski definition) is 2. The molecule has 0 fully saturated rings. The molecule has 3 aromatic rings. The monoisotopic (exact) mass is 380 g/mol. The average molecular weight is 380 g/mol. The van der Waals surface area contributed by atoms with E-state index in [0.29, 0.717) is 23.0 Å². The molecule has 7 heteroatoms. The summed E-state index contributed by atoms with van der Waals surface area (Å²) in [6, 6.07) is 14.6. The van der Waals surface area contributed by atoms with Crippen LogP contribution in [0.15, 0.2) is 54.7 Å². The number of non-ortho nitro benzene ring substituents is 1. The molecule has 1 atom stereocenters. The van der Waals surface area contributed by atoms with Crippen molar-refractivity contribution >= 4 is 22.5 Å². The standard InChI is InChI=1S/C21H24N4O3/c1-3-24(4-2)20(15-8-6-5-7-9-15)14-23-21(26)18-13-22-19-11-10-16(25(27)28)12-17(18)19/h5-13,20,22H,3-4,14H2,1-2H3,(H,23,26). The van der Waals surface area contributed by atoms with E-state index in [2.05, 4.69) is 41.2 Å². The molecule has 1 aromatic heterocycles.